The summed E-state index contributed by atoms with van der Waals surface area (Å²) >= 11 is 0. The van der Waals surface area contributed by atoms with Gasteiger partial charge in [0.05, 0.1) is 12.1 Å². The van der Waals surface area contributed by atoms with E-state index in [-0.39, 0.29) is 18.1 Å². The van der Waals surface area contributed by atoms with E-state index in [4.69, 9.17) is 4.74 Å². The summed E-state index contributed by atoms with van der Waals surface area (Å²) in [4.78, 5) is 13.7. The molecule has 7 heteroatoms. The summed E-state index contributed by atoms with van der Waals surface area (Å²) in [5, 5.41) is 15.3. The molecule has 0 unspecified atom stereocenters. The van der Waals surface area contributed by atoms with Crippen LogP contribution in [0, 0.1) is 0 Å². The van der Waals surface area contributed by atoms with Crippen LogP contribution in [-0.2, 0) is 4.74 Å². The van der Waals surface area contributed by atoms with Gasteiger partial charge < -0.3 is 10.1 Å². The summed E-state index contributed by atoms with van der Waals surface area (Å²) in [6, 6.07) is 7.39. The molecule has 1 aliphatic heterocycles. The molecule has 1 saturated heterocycles. The number of rotatable bonds is 5. The summed E-state index contributed by atoms with van der Waals surface area (Å²) in [6.07, 6.45) is 2.23. The number of amides is 1. The second-order valence-corrected chi connectivity index (χ2v) is 5.95. The fourth-order valence-corrected chi connectivity index (χ4v) is 2.44. The van der Waals surface area contributed by atoms with Crippen LogP contribution >= 0.6 is 0 Å². The highest BCUT2D eigenvalue weighted by atomic mass is 16.5. The first-order valence-corrected chi connectivity index (χ1v) is 7.93. The Balaban J connectivity index is 1.62. The van der Waals surface area contributed by atoms with Crippen LogP contribution < -0.4 is 5.32 Å². The lowest BCUT2D eigenvalue weighted by Gasteiger charge is -2.10. The van der Waals surface area contributed by atoms with Crippen LogP contribution in [0.2, 0.25) is 0 Å². The fourth-order valence-electron chi connectivity index (χ4n) is 2.44. The minimum atomic E-state index is -0.0918. The molecule has 1 atom stereocenters. The number of hydrogen-bond acceptors (Lipinski definition) is 5. The third kappa shape index (κ3) is 3.73. The summed E-state index contributed by atoms with van der Waals surface area (Å²) in [6.45, 7) is 5.34. The number of aromatic nitrogens is 4. The zero-order valence-corrected chi connectivity index (χ0v) is 13.4. The van der Waals surface area contributed by atoms with Gasteiger partial charge in [-0.25, -0.2) is 0 Å². The zero-order chi connectivity index (χ0) is 16.2. The molecule has 1 fully saturated rings. The van der Waals surface area contributed by atoms with E-state index in [2.05, 4.69) is 20.7 Å². The van der Waals surface area contributed by atoms with E-state index in [0.717, 1.165) is 25.0 Å². The highest BCUT2D eigenvalue weighted by Crippen LogP contribution is 2.16. The van der Waals surface area contributed by atoms with Crippen LogP contribution in [0.5, 0.6) is 0 Å². The van der Waals surface area contributed by atoms with Crippen molar-refractivity contribution in [2.75, 3.05) is 13.2 Å². The Morgan fingerprint density at radius 3 is 2.78 bits per heavy atom. The van der Waals surface area contributed by atoms with Gasteiger partial charge in [0.1, 0.15) is 0 Å². The molecule has 1 amide bonds. The minimum Gasteiger partial charge on any atom is -0.376 e. The van der Waals surface area contributed by atoms with E-state index in [1.165, 1.54) is 0 Å². The molecular weight excluding hydrogens is 294 g/mol. The number of carbonyl (C=O) groups excluding carboxylic acids is 1. The van der Waals surface area contributed by atoms with E-state index in [0.29, 0.717) is 17.9 Å². The van der Waals surface area contributed by atoms with Gasteiger partial charge in [-0.1, -0.05) is 12.1 Å². The summed E-state index contributed by atoms with van der Waals surface area (Å²) in [5.74, 6) is 0.468. The third-order valence-corrected chi connectivity index (χ3v) is 3.81. The van der Waals surface area contributed by atoms with Gasteiger partial charge in [0.15, 0.2) is 0 Å². The molecule has 7 nitrogen and oxygen atoms in total. The van der Waals surface area contributed by atoms with Crippen molar-refractivity contribution in [3.05, 3.63) is 29.8 Å². The summed E-state index contributed by atoms with van der Waals surface area (Å²) < 4.78 is 5.50. The predicted octanol–water partition coefficient (Wildman–Crippen LogP) is 1.83. The summed E-state index contributed by atoms with van der Waals surface area (Å²) in [5.41, 5.74) is 1.45. The highest BCUT2D eigenvalue weighted by Gasteiger charge is 2.17. The Hall–Kier alpha value is -2.28. The molecule has 23 heavy (non-hydrogen) atoms. The SMILES string of the molecule is CC(C)n1nnc(-c2ccc(C(=O)NC[C@H]3CCCO3)cc2)n1. The lowest BCUT2D eigenvalue weighted by molar-refractivity contribution is 0.0858. The lowest BCUT2D eigenvalue weighted by Crippen LogP contribution is -2.31. The molecule has 0 spiro atoms. The predicted molar refractivity (Wildman–Crippen MR) is 84.9 cm³/mol. The molecule has 1 aliphatic rings. The first kappa shape index (κ1) is 15.6. The van der Waals surface area contributed by atoms with E-state index in [9.17, 15) is 4.79 Å². The molecule has 1 N–H and O–H groups in total. The van der Waals surface area contributed by atoms with E-state index in [1.807, 2.05) is 26.0 Å². The molecule has 1 aromatic carbocycles. The van der Waals surface area contributed by atoms with Crippen molar-refractivity contribution in [1.82, 2.24) is 25.5 Å². The van der Waals surface area contributed by atoms with Crippen LogP contribution in [0.15, 0.2) is 24.3 Å². The van der Waals surface area contributed by atoms with Crippen molar-refractivity contribution in [3.63, 3.8) is 0 Å². The average molecular weight is 315 g/mol. The topological polar surface area (TPSA) is 81.9 Å². The Morgan fingerprint density at radius 2 is 2.17 bits per heavy atom. The Labute approximate surface area is 135 Å². The maximum Gasteiger partial charge on any atom is 0.251 e. The van der Waals surface area contributed by atoms with Gasteiger partial charge in [0.25, 0.3) is 5.91 Å². The first-order valence-electron chi connectivity index (χ1n) is 7.93. The highest BCUT2D eigenvalue weighted by molar-refractivity contribution is 5.94. The zero-order valence-electron chi connectivity index (χ0n) is 13.4. The van der Waals surface area contributed by atoms with Gasteiger partial charge in [-0.3, -0.25) is 4.79 Å². The number of nitrogens with zero attached hydrogens (tertiary/aromatic N) is 4. The maximum atomic E-state index is 12.1. The second kappa shape index (κ2) is 6.87. The Kier molecular flexibility index (Phi) is 4.66. The number of nitrogens with one attached hydrogen (secondary N) is 1. The standard InChI is InChI=1S/C16H21N5O2/c1-11(2)21-19-15(18-20-21)12-5-7-13(8-6-12)16(22)17-10-14-4-3-9-23-14/h5-8,11,14H,3-4,9-10H2,1-2H3,(H,17,22)/t14-/m1/s1. The number of hydrogen-bond donors (Lipinski definition) is 1. The van der Waals surface area contributed by atoms with Gasteiger partial charge in [-0.15, -0.1) is 10.2 Å². The lowest BCUT2D eigenvalue weighted by atomic mass is 10.1. The van der Waals surface area contributed by atoms with Crippen molar-refractivity contribution < 1.29 is 9.53 Å². The average Bonchev–Trinajstić information content (AvgIpc) is 3.24. The molecule has 2 aromatic rings. The molecule has 0 aliphatic carbocycles. The molecule has 122 valence electrons. The van der Waals surface area contributed by atoms with Crippen LogP contribution in [-0.4, -0.2) is 45.4 Å². The maximum absolute atomic E-state index is 12.1. The largest absolute Gasteiger partial charge is 0.376 e. The normalized spacial score (nSPS) is 17.6. The van der Waals surface area contributed by atoms with Crippen LogP contribution in [0.4, 0.5) is 0 Å². The number of ether oxygens (including phenoxy) is 1. The van der Waals surface area contributed by atoms with Crippen molar-refractivity contribution in [2.24, 2.45) is 0 Å². The van der Waals surface area contributed by atoms with Gasteiger partial charge in [0, 0.05) is 24.3 Å². The molecule has 3 rings (SSSR count). The van der Waals surface area contributed by atoms with Crippen molar-refractivity contribution in [1.29, 1.82) is 0 Å². The minimum absolute atomic E-state index is 0.0918. The quantitative estimate of drug-likeness (QED) is 0.910. The number of carbonyl (C=O) groups is 1. The molecule has 0 radical (unpaired) electrons. The van der Waals surface area contributed by atoms with Crippen LogP contribution in [0.3, 0.4) is 0 Å². The smallest absolute Gasteiger partial charge is 0.251 e. The van der Waals surface area contributed by atoms with E-state index in [1.54, 1.807) is 16.9 Å². The molecular formula is C16H21N5O2. The number of benzene rings is 1. The van der Waals surface area contributed by atoms with Crippen LogP contribution in [0.25, 0.3) is 11.4 Å². The number of tetrazole rings is 1. The first-order chi connectivity index (χ1) is 11.1. The van der Waals surface area contributed by atoms with Gasteiger partial charge in [-0.05, 0) is 44.0 Å². The van der Waals surface area contributed by atoms with Crippen molar-refractivity contribution in [2.45, 2.75) is 38.8 Å². The second-order valence-electron chi connectivity index (χ2n) is 5.95. The van der Waals surface area contributed by atoms with Gasteiger partial charge in [-0.2, -0.15) is 4.80 Å². The van der Waals surface area contributed by atoms with Crippen molar-refractivity contribution >= 4 is 5.91 Å². The molecule has 0 bridgehead atoms. The Morgan fingerprint density at radius 1 is 1.39 bits per heavy atom. The third-order valence-electron chi connectivity index (χ3n) is 3.81. The van der Waals surface area contributed by atoms with Crippen molar-refractivity contribution in [3.8, 4) is 11.4 Å². The fraction of sp³-hybridized carbons (Fsp3) is 0.500. The van der Waals surface area contributed by atoms with Gasteiger partial charge >= 0.3 is 0 Å². The van der Waals surface area contributed by atoms with E-state index >= 15 is 0 Å². The monoisotopic (exact) mass is 315 g/mol. The molecule has 0 saturated carbocycles. The van der Waals surface area contributed by atoms with E-state index < -0.39 is 0 Å². The van der Waals surface area contributed by atoms with Crippen LogP contribution in [0.1, 0.15) is 43.1 Å². The Bertz CT molecular complexity index is 659. The molecule has 1 aromatic heterocycles. The summed E-state index contributed by atoms with van der Waals surface area (Å²) in [7, 11) is 0. The van der Waals surface area contributed by atoms with Gasteiger partial charge in [0.2, 0.25) is 5.82 Å². The molecule has 2 heterocycles.